The Morgan fingerprint density at radius 3 is 2.53 bits per heavy atom. The normalized spacial score (nSPS) is 11.7. The Morgan fingerprint density at radius 1 is 1.26 bits per heavy atom. The topological polar surface area (TPSA) is 73.0 Å². The number of sulfone groups is 1. The number of hydrogen-bond acceptors (Lipinski definition) is 5. The van der Waals surface area contributed by atoms with Gasteiger partial charge in [-0.3, -0.25) is 0 Å². The molecule has 2 N–H and O–H groups in total. The molecule has 0 bridgehead atoms. The third kappa shape index (κ3) is 4.12. The molecule has 1 aromatic carbocycles. The molecule has 2 aromatic rings. The lowest BCUT2D eigenvalue weighted by molar-refractivity contribution is 0.601. The predicted octanol–water partition coefficient (Wildman–Crippen LogP) is 1.86. The van der Waals surface area contributed by atoms with Crippen LogP contribution < -0.4 is 5.73 Å². The van der Waals surface area contributed by atoms with E-state index in [0.29, 0.717) is 6.54 Å². The Morgan fingerprint density at radius 2 is 1.95 bits per heavy atom. The molecule has 0 aliphatic carbocycles. The second-order valence-corrected chi connectivity index (χ2v) is 7.45. The Kier molecular flexibility index (Phi) is 4.34. The van der Waals surface area contributed by atoms with Crippen molar-refractivity contribution < 1.29 is 8.42 Å². The standard InChI is InChI=1S/C13H16N2O2S2/c1-19(16,17)9-10-2-4-11(5-3-10)13-15-12(6-7-14)8-18-13/h2-5,8H,6-7,9,14H2,1H3. The largest absolute Gasteiger partial charge is 0.330 e. The van der Waals surface area contributed by atoms with E-state index >= 15 is 0 Å². The molecular formula is C13H16N2O2S2. The number of aromatic nitrogens is 1. The van der Waals surface area contributed by atoms with Gasteiger partial charge in [-0.15, -0.1) is 11.3 Å². The highest BCUT2D eigenvalue weighted by Gasteiger charge is 2.07. The number of thiazole rings is 1. The number of nitrogens with zero attached hydrogens (tertiary/aromatic N) is 1. The summed E-state index contributed by atoms with van der Waals surface area (Å²) in [5.74, 6) is 0.0730. The molecule has 0 aliphatic rings. The van der Waals surface area contributed by atoms with E-state index in [1.165, 1.54) is 6.26 Å². The lowest BCUT2D eigenvalue weighted by Gasteiger charge is -2.01. The van der Waals surface area contributed by atoms with Crippen molar-refractivity contribution in [2.45, 2.75) is 12.2 Å². The molecule has 0 saturated carbocycles. The Bertz CT molecular complexity index is 646. The minimum Gasteiger partial charge on any atom is -0.330 e. The van der Waals surface area contributed by atoms with Crippen LogP contribution in [0.3, 0.4) is 0 Å². The smallest absolute Gasteiger partial charge is 0.151 e. The second-order valence-electron chi connectivity index (χ2n) is 4.45. The van der Waals surface area contributed by atoms with E-state index in [2.05, 4.69) is 4.98 Å². The zero-order valence-electron chi connectivity index (χ0n) is 10.7. The van der Waals surface area contributed by atoms with Gasteiger partial charge in [0.1, 0.15) is 5.01 Å². The average Bonchev–Trinajstić information content (AvgIpc) is 2.77. The SMILES string of the molecule is CS(=O)(=O)Cc1ccc(-c2nc(CCN)cs2)cc1. The maximum atomic E-state index is 11.2. The zero-order valence-corrected chi connectivity index (χ0v) is 12.3. The Balaban J connectivity index is 2.17. The van der Waals surface area contributed by atoms with Crippen LogP contribution in [0.2, 0.25) is 0 Å². The van der Waals surface area contributed by atoms with Crippen molar-refractivity contribution in [3.05, 3.63) is 40.9 Å². The van der Waals surface area contributed by atoms with Crippen LogP contribution in [0.1, 0.15) is 11.3 Å². The number of hydrogen-bond donors (Lipinski definition) is 1. The summed E-state index contributed by atoms with van der Waals surface area (Å²) in [4.78, 5) is 4.49. The third-order valence-corrected chi connectivity index (χ3v) is 4.38. The molecule has 102 valence electrons. The number of nitrogens with two attached hydrogens (primary N) is 1. The minimum atomic E-state index is -2.98. The van der Waals surface area contributed by atoms with Crippen molar-refractivity contribution in [3.8, 4) is 10.6 Å². The van der Waals surface area contributed by atoms with Crippen molar-refractivity contribution in [3.63, 3.8) is 0 Å². The quantitative estimate of drug-likeness (QED) is 0.914. The first kappa shape index (κ1) is 14.2. The van der Waals surface area contributed by atoms with E-state index in [1.54, 1.807) is 11.3 Å². The summed E-state index contributed by atoms with van der Waals surface area (Å²) < 4.78 is 22.4. The van der Waals surface area contributed by atoms with Crippen LogP contribution in [0.25, 0.3) is 10.6 Å². The van der Waals surface area contributed by atoms with Gasteiger partial charge >= 0.3 is 0 Å². The third-order valence-electron chi connectivity index (χ3n) is 2.58. The fourth-order valence-corrected chi connectivity index (χ4v) is 3.41. The van der Waals surface area contributed by atoms with Gasteiger partial charge in [0.25, 0.3) is 0 Å². The molecule has 0 radical (unpaired) electrons. The molecule has 0 saturated heterocycles. The highest BCUT2D eigenvalue weighted by molar-refractivity contribution is 7.89. The van der Waals surface area contributed by atoms with Gasteiger partial charge in [-0.1, -0.05) is 24.3 Å². The zero-order chi connectivity index (χ0) is 13.9. The van der Waals surface area contributed by atoms with Crippen LogP contribution in [0.5, 0.6) is 0 Å². The van der Waals surface area contributed by atoms with Gasteiger partial charge in [0.15, 0.2) is 9.84 Å². The van der Waals surface area contributed by atoms with Crippen LogP contribution in [0.4, 0.5) is 0 Å². The van der Waals surface area contributed by atoms with Crippen molar-refractivity contribution in [1.29, 1.82) is 0 Å². The van der Waals surface area contributed by atoms with Gasteiger partial charge in [-0.05, 0) is 12.1 Å². The van der Waals surface area contributed by atoms with E-state index in [-0.39, 0.29) is 5.75 Å². The van der Waals surface area contributed by atoms with Crippen LogP contribution in [-0.4, -0.2) is 26.2 Å². The van der Waals surface area contributed by atoms with E-state index in [0.717, 1.165) is 28.2 Å². The van der Waals surface area contributed by atoms with E-state index in [1.807, 2.05) is 29.6 Å². The first-order valence-corrected chi connectivity index (χ1v) is 8.83. The van der Waals surface area contributed by atoms with Crippen LogP contribution in [-0.2, 0) is 22.0 Å². The van der Waals surface area contributed by atoms with E-state index < -0.39 is 9.84 Å². The summed E-state index contributed by atoms with van der Waals surface area (Å²) in [6.07, 6.45) is 2.02. The molecule has 4 nitrogen and oxygen atoms in total. The van der Waals surface area contributed by atoms with Crippen LogP contribution in [0, 0.1) is 0 Å². The van der Waals surface area contributed by atoms with Gasteiger partial charge in [-0.2, -0.15) is 0 Å². The first-order chi connectivity index (χ1) is 8.98. The molecule has 0 atom stereocenters. The van der Waals surface area contributed by atoms with E-state index in [9.17, 15) is 8.42 Å². The lowest BCUT2D eigenvalue weighted by atomic mass is 10.1. The molecule has 2 rings (SSSR count). The van der Waals surface area contributed by atoms with Gasteiger partial charge < -0.3 is 5.73 Å². The summed E-state index contributed by atoms with van der Waals surface area (Å²) in [5.41, 5.74) is 8.30. The monoisotopic (exact) mass is 296 g/mol. The van der Waals surface area contributed by atoms with Crippen molar-refractivity contribution in [2.75, 3.05) is 12.8 Å². The van der Waals surface area contributed by atoms with E-state index in [4.69, 9.17) is 5.73 Å². The fraction of sp³-hybridized carbons (Fsp3) is 0.308. The highest BCUT2D eigenvalue weighted by Crippen LogP contribution is 2.24. The summed E-state index contributed by atoms with van der Waals surface area (Å²) in [6.45, 7) is 0.594. The molecule has 6 heteroatoms. The first-order valence-electron chi connectivity index (χ1n) is 5.89. The highest BCUT2D eigenvalue weighted by atomic mass is 32.2. The van der Waals surface area contributed by atoms with Gasteiger partial charge in [0.2, 0.25) is 0 Å². The summed E-state index contributed by atoms with van der Waals surface area (Å²) in [6, 6.07) is 7.48. The molecule has 0 unspecified atom stereocenters. The van der Waals surface area contributed by atoms with Crippen LogP contribution in [0.15, 0.2) is 29.6 Å². The number of benzene rings is 1. The predicted molar refractivity (Wildman–Crippen MR) is 78.9 cm³/mol. The summed E-state index contributed by atoms with van der Waals surface area (Å²) >= 11 is 1.58. The molecule has 0 spiro atoms. The fourth-order valence-electron chi connectivity index (χ4n) is 1.75. The van der Waals surface area contributed by atoms with Gasteiger partial charge in [0, 0.05) is 23.6 Å². The molecule has 1 heterocycles. The molecule has 19 heavy (non-hydrogen) atoms. The average molecular weight is 296 g/mol. The maximum Gasteiger partial charge on any atom is 0.151 e. The number of rotatable bonds is 5. The minimum absolute atomic E-state index is 0.0730. The van der Waals surface area contributed by atoms with Crippen LogP contribution >= 0.6 is 11.3 Å². The maximum absolute atomic E-state index is 11.2. The molecule has 0 amide bonds. The molecular weight excluding hydrogens is 280 g/mol. The van der Waals surface area contributed by atoms with Crippen molar-refractivity contribution >= 4 is 21.2 Å². The second kappa shape index (κ2) is 5.81. The molecule has 1 aromatic heterocycles. The summed E-state index contributed by atoms with van der Waals surface area (Å²) in [7, 11) is -2.98. The molecule has 0 fully saturated rings. The molecule has 0 aliphatic heterocycles. The van der Waals surface area contributed by atoms with Gasteiger partial charge in [-0.25, -0.2) is 13.4 Å². The Labute approximate surface area is 117 Å². The van der Waals surface area contributed by atoms with Crippen molar-refractivity contribution in [1.82, 2.24) is 4.98 Å². The Hall–Kier alpha value is -1.24. The lowest BCUT2D eigenvalue weighted by Crippen LogP contribution is -2.02. The van der Waals surface area contributed by atoms with Gasteiger partial charge in [0.05, 0.1) is 11.4 Å². The summed E-state index contributed by atoms with van der Waals surface area (Å²) in [5, 5.41) is 2.95. The van der Waals surface area contributed by atoms with Crippen molar-refractivity contribution in [2.24, 2.45) is 5.73 Å².